The van der Waals surface area contributed by atoms with Gasteiger partial charge in [0.1, 0.15) is 0 Å². The van der Waals surface area contributed by atoms with E-state index in [0.717, 1.165) is 5.92 Å². The van der Waals surface area contributed by atoms with Gasteiger partial charge >= 0.3 is 0 Å². The zero-order valence-electron chi connectivity index (χ0n) is 4.09. The van der Waals surface area contributed by atoms with Crippen LogP contribution in [0.15, 0.2) is 11.8 Å². The van der Waals surface area contributed by atoms with Crippen LogP contribution >= 0.6 is 0 Å². The first kappa shape index (κ1) is 3.53. The molecule has 0 aliphatic heterocycles. The highest BCUT2D eigenvalue weighted by atomic mass is 16.3. The highest BCUT2D eigenvalue weighted by Gasteiger charge is 2.37. The highest BCUT2D eigenvalue weighted by Crippen LogP contribution is 2.45. The van der Waals surface area contributed by atoms with Gasteiger partial charge < -0.3 is 5.11 Å². The zero-order chi connectivity index (χ0) is 4.85. The molecule has 0 aromatic heterocycles. The molecule has 0 heterocycles. The monoisotopic (exact) mass is 96.1 g/mol. The van der Waals surface area contributed by atoms with Crippen molar-refractivity contribution in [3.63, 3.8) is 0 Å². The molecule has 1 saturated carbocycles. The molecule has 0 radical (unpaired) electrons. The van der Waals surface area contributed by atoms with Gasteiger partial charge in [0.15, 0.2) is 0 Å². The Morgan fingerprint density at radius 3 is 2.43 bits per heavy atom. The minimum Gasteiger partial charge on any atom is -0.512 e. The maximum absolute atomic E-state index is 8.90. The van der Waals surface area contributed by atoms with Gasteiger partial charge in [-0.3, -0.25) is 0 Å². The van der Waals surface area contributed by atoms with E-state index >= 15 is 0 Å². The lowest BCUT2D eigenvalue weighted by atomic mass is 9.83. The van der Waals surface area contributed by atoms with Gasteiger partial charge in [0.05, 0.1) is 5.76 Å². The van der Waals surface area contributed by atoms with Crippen molar-refractivity contribution in [3.05, 3.63) is 11.8 Å². The van der Waals surface area contributed by atoms with Gasteiger partial charge in [-0.1, -0.05) is 0 Å². The van der Waals surface area contributed by atoms with Crippen LogP contribution in [0.3, 0.4) is 0 Å². The number of allylic oxidation sites excluding steroid dienone is 2. The molecule has 2 bridgehead atoms. The Hall–Kier alpha value is -0.460. The lowest BCUT2D eigenvalue weighted by Gasteiger charge is -2.22. The number of aliphatic hydroxyl groups is 1. The van der Waals surface area contributed by atoms with E-state index < -0.39 is 0 Å². The van der Waals surface area contributed by atoms with E-state index in [1.54, 1.807) is 0 Å². The van der Waals surface area contributed by atoms with Crippen LogP contribution in [-0.2, 0) is 0 Å². The van der Waals surface area contributed by atoms with Gasteiger partial charge in [0.25, 0.3) is 0 Å². The molecule has 1 heteroatoms. The SMILES string of the molecule is OC1=CC2CC1C2. The lowest BCUT2D eigenvalue weighted by molar-refractivity contribution is 0.252. The first-order valence-electron chi connectivity index (χ1n) is 2.77. The summed E-state index contributed by atoms with van der Waals surface area (Å²) in [5.74, 6) is 1.99. The molecule has 38 valence electrons. The fourth-order valence-corrected chi connectivity index (χ4v) is 1.42. The Kier molecular flexibility index (Phi) is 0.432. The third kappa shape index (κ3) is 0.287. The van der Waals surface area contributed by atoms with Crippen LogP contribution < -0.4 is 0 Å². The summed E-state index contributed by atoms with van der Waals surface area (Å²) in [6.07, 6.45) is 4.45. The second kappa shape index (κ2) is 0.857. The standard InChI is InChI=1S/C6H8O/c7-6-3-4-1-5(6)2-4/h3-5,7H,1-2H2. The number of rotatable bonds is 0. The van der Waals surface area contributed by atoms with Gasteiger partial charge in [-0.05, 0) is 24.8 Å². The van der Waals surface area contributed by atoms with Gasteiger partial charge in [-0.2, -0.15) is 0 Å². The first-order chi connectivity index (χ1) is 3.36. The Balaban J connectivity index is 2.30. The van der Waals surface area contributed by atoms with Crippen molar-refractivity contribution in [3.8, 4) is 0 Å². The van der Waals surface area contributed by atoms with E-state index in [0.29, 0.717) is 11.7 Å². The van der Waals surface area contributed by atoms with E-state index in [9.17, 15) is 0 Å². The zero-order valence-corrected chi connectivity index (χ0v) is 4.09. The average Bonchev–Trinajstić information content (AvgIpc) is 1.85. The second-order valence-electron chi connectivity index (χ2n) is 2.52. The number of hydrogen-bond donors (Lipinski definition) is 1. The normalized spacial score (nSPS) is 45.4. The van der Waals surface area contributed by atoms with Crippen LogP contribution in [0.5, 0.6) is 0 Å². The highest BCUT2D eigenvalue weighted by molar-refractivity contribution is 5.16. The maximum Gasteiger partial charge on any atom is 0.0916 e. The predicted octanol–water partition coefficient (Wildman–Crippen LogP) is 1.47. The summed E-state index contributed by atoms with van der Waals surface area (Å²) in [6.45, 7) is 0. The van der Waals surface area contributed by atoms with Crippen molar-refractivity contribution in [2.24, 2.45) is 11.8 Å². The summed E-state index contributed by atoms with van der Waals surface area (Å²) in [5, 5.41) is 8.90. The third-order valence-corrected chi connectivity index (χ3v) is 2.00. The van der Waals surface area contributed by atoms with Crippen LogP contribution in [0.4, 0.5) is 0 Å². The van der Waals surface area contributed by atoms with Crippen LogP contribution in [0.2, 0.25) is 0 Å². The molecule has 1 N–H and O–H groups in total. The van der Waals surface area contributed by atoms with Crippen LogP contribution in [0.25, 0.3) is 0 Å². The number of hydrogen-bond acceptors (Lipinski definition) is 1. The van der Waals surface area contributed by atoms with Gasteiger partial charge in [0, 0.05) is 5.92 Å². The molecule has 1 fully saturated rings. The molecule has 0 aromatic rings. The molecule has 0 spiro atoms. The van der Waals surface area contributed by atoms with Crippen molar-refractivity contribution < 1.29 is 5.11 Å². The molecule has 0 atom stereocenters. The smallest absolute Gasteiger partial charge is 0.0916 e. The Morgan fingerprint density at radius 1 is 1.57 bits per heavy atom. The summed E-state index contributed by atoms with van der Waals surface area (Å²) < 4.78 is 0. The molecule has 0 saturated heterocycles. The van der Waals surface area contributed by atoms with Crippen molar-refractivity contribution in [2.75, 3.05) is 0 Å². The molecular weight excluding hydrogens is 88.1 g/mol. The van der Waals surface area contributed by atoms with Gasteiger partial charge in [0.2, 0.25) is 0 Å². The van der Waals surface area contributed by atoms with Crippen molar-refractivity contribution in [1.29, 1.82) is 0 Å². The van der Waals surface area contributed by atoms with Crippen molar-refractivity contribution >= 4 is 0 Å². The summed E-state index contributed by atoms with van der Waals surface area (Å²) in [6, 6.07) is 0. The summed E-state index contributed by atoms with van der Waals surface area (Å²) in [4.78, 5) is 0. The predicted molar refractivity (Wildman–Crippen MR) is 26.9 cm³/mol. The molecule has 3 aliphatic rings. The van der Waals surface area contributed by atoms with E-state index in [4.69, 9.17) is 5.11 Å². The van der Waals surface area contributed by atoms with Crippen molar-refractivity contribution in [1.82, 2.24) is 0 Å². The second-order valence-corrected chi connectivity index (χ2v) is 2.52. The summed E-state index contributed by atoms with van der Waals surface area (Å²) in [5.41, 5.74) is 0. The minimum absolute atomic E-state index is 0.574. The minimum atomic E-state index is 0.574. The summed E-state index contributed by atoms with van der Waals surface area (Å²) in [7, 11) is 0. The molecule has 0 amide bonds. The van der Waals surface area contributed by atoms with Crippen LogP contribution in [-0.4, -0.2) is 5.11 Å². The topological polar surface area (TPSA) is 20.2 Å². The molecule has 1 nitrogen and oxygen atoms in total. The Morgan fingerprint density at radius 2 is 2.29 bits per heavy atom. The van der Waals surface area contributed by atoms with Gasteiger partial charge in [-0.25, -0.2) is 0 Å². The lowest BCUT2D eigenvalue weighted by Crippen LogP contribution is -2.13. The van der Waals surface area contributed by atoms with Crippen molar-refractivity contribution in [2.45, 2.75) is 12.8 Å². The van der Waals surface area contributed by atoms with E-state index in [2.05, 4.69) is 0 Å². The van der Waals surface area contributed by atoms with E-state index in [-0.39, 0.29) is 0 Å². The van der Waals surface area contributed by atoms with Crippen LogP contribution in [0.1, 0.15) is 12.8 Å². The quantitative estimate of drug-likeness (QED) is 0.484. The number of aliphatic hydroxyl groups excluding tert-OH is 1. The maximum atomic E-state index is 8.90. The molecule has 0 unspecified atom stereocenters. The largest absolute Gasteiger partial charge is 0.512 e. The van der Waals surface area contributed by atoms with E-state index in [1.807, 2.05) is 6.08 Å². The molecular formula is C6H8O. The van der Waals surface area contributed by atoms with Gasteiger partial charge in [-0.15, -0.1) is 0 Å². The molecule has 7 heavy (non-hydrogen) atoms. The molecule has 3 aliphatic carbocycles. The summed E-state index contributed by atoms with van der Waals surface area (Å²) >= 11 is 0. The fourth-order valence-electron chi connectivity index (χ4n) is 1.42. The fraction of sp³-hybridized carbons (Fsp3) is 0.667. The average molecular weight is 96.1 g/mol. The Labute approximate surface area is 42.7 Å². The van der Waals surface area contributed by atoms with Crippen LogP contribution in [0, 0.1) is 11.8 Å². The molecule has 3 rings (SSSR count). The van der Waals surface area contributed by atoms with E-state index in [1.165, 1.54) is 12.8 Å². The molecule has 0 aromatic carbocycles. The first-order valence-corrected chi connectivity index (χ1v) is 2.77. The Bertz CT molecular complexity index is 120. The third-order valence-electron chi connectivity index (χ3n) is 2.00.